The predicted octanol–water partition coefficient (Wildman–Crippen LogP) is 6.23. The molecule has 2 heteroatoms. The first kappa shape index (κ1) is 18.8. The molecule has 0 unspecified atom stereocenters. The maximum atomic E-state index is 11.4. The van der Waals surface area contributed by atoms with Gasteiger partial charge in [0.25, 0.3) is 0 Å². The van der Waals surface area contributed by atoms with Gasteiger partial charge in [0.1, 0.15) is 6.10 Å². The van der Waals surface area contributed by atoms with E-state index in [9.17, 15) is 4.79 Å². The van der Waals surface area contributed by atoms with Gasteiger partial charge in [0, 0.05) is 6.92 Å². The fourth-order valence-electron chi connectivity index (χ4n) is 8.70. The summed E-state index contributed by atoms with van der Waals surface area (Å²) < 4.78 is 5.61. The number of hydrogen-bond donors (Lipinski definition) is 0. The highest BCUT2D eigenvalue weighted by molar-refractivity contribution is 5.66. The molecule has 0 bridgehead atoms. The van der Waals surface area contributed by atoms with E-state index in [4.69, 9.17) is 4.74 Å². The van der Waals surface area contributed by atoms with Crippen molar-refractivity contribution in [3.05, 3.63) is 0 Å². The average molecular weight is 361 g/mol. The summed E-state index contributed by atoms with van der Waals surface area (Å²) in [6, 6.07) is 0. The van der Waals surface area contributed by atoms with Gasteiger partial charge in [-0.1, -0.05) is 27.7 Å². The first-order valence-corrected chi connectivity index (χ1v) is 11.4. The van der Waals surface area contributed by atoms with Gasteiger partial charge in [-0.25, -0.2) is 0 Å². The highest BCUT2D eigenvalue weighted by Crippen LogP contribution is 2.68. The van der Waals surface area contributed by atoms with Gasteiger partial charge >= 0.3 is 5.97 Å². The van der Waals surface area contributed by atoms with Crippen LogP contribution >= 0.6 is 0 Å². The topological polar surface area (TPSA) is 26.3 Å². The van der Waals surface area contributed by atoms with Crippen LogP contribution in [0.5, 0.6) is 0 Å². The molecule has 4 aliphatic carbocycles. The first-order chi connectivity index (χ1) is 12.3. The fraction of sp³-hybridized carbons (Fsp3) is 0.958. The minimum atomic E-state index is -0.0913. The van der Waals surface area contributed by atoms with E-state index in [0.29, 0.717) is 10.8 Å². The number of carbonyl (C=O) groups excluding carboxylic acids is 1. The molecular weight excluding hydrogens is 320 g/mol. The highest BCUT2D eigenvalue weighted by atomic mass is 16.5. The van der Waals surface area contributed by atoms with Crippen LogP contribution in [-0.2, 0) is 9.53 Å². The van der Waals surface area contributed by atoms with Gasteiger partial charge in [0.05, 0.1) is 0 Å². The molecule has 0 spiro atoms. The second-order valence-electron chi connectivity index (χ2n) is 11.1. The van der Waals surface area contributed by atoms with Gasteiger partial charge < -0.3 is 4.74 Å². The minimum absolute atomic E-state index is 0.0913. The van der Waals surface area contributed by atoms with Crippen molar-refractivity contribution in [1.29, 1.82) is 0 Å². The summed E-state index contributed by atoms with van der Waals surface area (Å²) in [5, 5.41) is 0. The molecule has 148 valence electrons. The van der Waals surface area contributed by atoms with Crippen molar-refractivity contribution in [2.75, 3.05) is 0 Å². The number of hydrogen-bond acceptors (Lipinski definition) is 2. The summed E-state index contributed by atoms with van der Waals surface area (Å²) in [6.45, 7) is 11.7. The summed E-state index contributed by atoms with van der Waals surface area (Å²) in [5.41, 5.74) is 1.10. The van der Waals surface area contributed by atoms with Crippen molar-refractivity contribution >= 4 is 5.97 Å². The Labute approximate surface area is 160 Å². The Morgan fingerprint density at radius 3 is 2.31 bits per heavy atom. The molecule has 26 heavy (non-hydrogen) atoms. The number of ether oxygens (including phenoxy) is 1. The summed E-state index contributed by atoms with van der Waals surface area (Å²) >= 11 is 0. The van der Waals surface area contributed by atoms with E-state index in [-0.39, 0.29) is 12.1 Å². The van der Waals surface area contributed by atoms with Crippen LogP contribution in [0.15, 0.2) is 0 Å². The number of esters is 1. The number of rotatable bonds is 2. The summed E-state index contributed by atoms with van der Waals surface area (Å²) in [4.78, 5) is 11.4. The third-order valence-corrected chi connectivity index (χ3v) is 9.83. The highest BCUT2D eigenvalue weighted by Gasteiger charge is 2.60. The van der Waals surface area contributed by atoms with E-state index in [1.54, 1.807) is 6.92 Å². The standard InChI is InChI=1S/C24H40O2/c1-15(2)20-8-9-21-19-7-6-17-14-18(26-16(3)25)10-12-23(17,4)22(19)11-13-24(20,21)5/h15,17-22H,6-14H2,1-5H3/t17-,18+,19-,20-,21-,22+,23-,24+/m0/s1. The molecule has 0 aromatic carbocycles. The van der Waals surface area contributed by atoms with Crippen LogP contribution in [0, 0.1) is 46.3 Å². The molecule has 8 atom stereocenters. The molecule has 0 radical (unpaired) electrons. The van der Waals surface area contributed by atoms with Crippen LogP contribution in [0.3, 0.4) is 0 Å². The molecule has 0 aliphatic heterocycles. The maximum absolute atomic E-state index is 11.4. The number of carbonyl (C=O) groups is 1. The van der Waals surface area contributed by atoms with Crippen LogP contribution < -0.4 is 0 Å². The third-order valence-electron chi connectivity index (χ3n) is 9.83. The lowest BCUT2D eigenvalue weighted by atomic mass is 9.44. The quantitative estimate of drug-likeness (QED) is 0.545. The zero-order valence-corrected chi connectivity index (χ0v) is 17.7. The van der Waals surface area contributed by atoms with Crippen LogP contribution in [0.1, 0.15) is 92.4 Å². The Morgan fingerprint density at radius 1 is 0.923 bits per heavy atom. The molecule has 0 aromatic rings. The molecule has 0 amide bonds. The molecule has 0 aromatic heterocycles. The Balaban J connectivity index is 1.53. The average Bonchev–Trinajstić information content (AvgIpc) is 2.92. The smallest absolute Gasteiger partial charge is 0.302 e. The van der Waals surface area contributed by atoms with E-state index in [1.165, 1.54) is 44.9 Å². The van der Waals surface area contributed by atoms with E-state index >= 15 is 0 Å². The Hall–Kier alpha value is -0.530. The normalized spacial score (nSPS) is 50.7. The lowest BCUT2D eigenvalue weighted by molar-refractivity contribution is -0.160. The van der Waals surface area contributed by atoms with E-state index in [1.807, 2.05) is 0 Å². The van der Waals surface area contributed by atoms with E-state index in [2.05, 4.69) is 27.7 Å². The van der Waals surface area contributed by atoms with Gasteiger partial charge in [0.15, 0.2) is 0 Å². The van der Waals surface area contributed by atoms with Crippen molar-refractivity contribution in [3.8, 4) is 0 Å². The summed E-state index contributed by atoms with van der Waals surface area (Å²) in [5.74, 6) is 5.32. The summed E-state index contributed by atoms with van der Waals surface area (Å²) in [6.07, 6.45) is 12.3. The van der Waals surface area contributed by atoms with Crippen molar-refractivity contribution in [2.45, 2.75) is 98.5 Å². The molecule has 0 heterocycles. The monoisotopic (exact) mass is 360 g/mol. The van der Waals surface area contributed by atoms with Gasteiger partial charge in [-0.2, -0.15) is 0 Å². The molecule has 4 rings (SSSR count). The first-order valence-electron chi connectivity index (χ1n) is 11.4. The lowest BCUT2D eigenvalue weighted by Crippen LogP contribution is -2.54. The van der Waals surface area contributed by atoms with Crippen molar-refractivity contribution in [2.24, 2.45) is 46.3 Å². The second-order valence-corrected chi connectivity index (χ2v) is 11.1. The molecule has 4 saturated carbocycles. The van der Waals surface area contributed by atoms with Crippen LogP contribution in [0.4, 0.5) is 0 Å². The molecule has 0 N–H and O–H groups in total. The van der Waals surface area contributed by atoms with Crippen LogP contribution in [0.25, 0.3) is 0 Å². The van der Waals surface area contributed by atoms with Crippen molar-refractivity contribution in [1.82, 2.24) is 0 Å². The molecule has 4 fully saturated rings. The Morgan fingerprint density at radius 2 is 1.62 bits per heavy atom. The van der Waals surface area contributed by atoms with E-state index < -0.39 is 0 Å². The van der Waals surface area contributed by atoms with Gasteiger partial charge in [-0.15, -0.1) is 0 Å². The van der Waals surface area contributed by atoms with Crippen LogP contribution in [0.2, 0.25) is 0 Å². The predicted molar refractivity (Wildman–Crippen MR) is 106 cm³/mol. The zero-order valence-electron chi connectivity index (χ0n) is 17.7. The largest absolute Gasteiger partial charge is 0.463 e. The molecule has 0 saturated heterocycles. The lowest BCUT2D eigenvalue weighted by Gasteiger charge is -2.61. The molecule has 4 aliphatic rings. The second kappa shape index (κ2) is 6.52. The van der Waals surface area contributed by atoms with Crippen molar-refractivity contribution < 1.29 is 9.53 Å². The van der Waals surface area contributed by atoms with Gasteiger partial charge in [-0.3, -0.25) is 4.79 Å². The fourth-order valence-corrected chi connectivity index (χ4v) is 8.70. The zero-order chi connectivity index (χ0) is 18.7. The van der Waals surface area contributed by atoms with Gasteiger partial charge in [0.2, 0.25) is 0 Å². The Bertz CT molecular complexity index is 554. The molecule has 2 nitrogen and oxygen atoms in total. The maximum Gasteiger partial charge on any atom is 0.302 e. The minimum Gasteiger partial charge on any atom is -0.463 e. The number of fused-ring (bicyclic) bond motifs is 5. The Kier molecular flexibility index (Phi) is 4.72. The van der Waals surface area contributed by atoms with Crippen molar-refractivity contribution in [3.63, 3.8) is 0 Å². The van der Waals surface area contributed by atoms with Gasteiger partial charge in [-0.05, 0) is 104 Å². The van der Waals surface area contributed by atoms with E-state index in [0.717, 1.165) is 48.3 Å². The SMILES string of the molecule is CC(=O)O[C@@H]1CC[C@@]2(C)[C@@H](CC[C@@H]3[C@H]2CC[C@]2(C)[C@H](C(C)C)CC[C@@H]32)C1. The molecular formula is C24H40O2. The summed E-state index contributed by atoms with van der Waals surface area (Å²) in [7, 11) is 0. The third kappa shape index (κ3) is 2.76. The van der Waals surface area contributed by atoms with Crippen LogP contribution in [-0.4, -0.2) is 12.1 Å².